The zero-order chi connectivity index (χ0) is 18.2. The molecule has 0 saturated heterocycles. The SMILES string of the molecule is N#Cc1ccc(C=CC(=O)C(Cc2ccccc2)NC(=O)O)cc1F. The number of halogens is 1. The average Bonchev–Trinajstić information content (AvgIpc) is 2.59. The minimum Gasteiger partial charge on any atom is -0.465 e. The van der Waals surface area contributed by atoms with Gasteiger partial charge in [0.1, 0.15) is 11.9 Å². The number of hydrogen-bond acceptors (Lipinski definition) is 3. The van der Waals surface area contributed by atoms with Gasteiger partial charge in [0.25, 0.3) is 0 Å². The molecular weight excluding hydrogens is 323 g/mol. The third-order valence-corrected chi connectivity index (χ3v) is 3.48. The van der Waals surface area contributed by atoms with Gasteiger partial charge in [0.2, 0.25) is 0 Å². The summed E-state index contributed by atoms with van der Waals surface area (Å²) in [6, 6.07) is 13.7. The van der Waals surface area contributed by atoms with Gasteiger partial charge in [-0.15, -0.1) is 0 Å². The predicted molar refractivity (Wildman–Crippen MR) is 90.3 cm³/mol. The molecule has 126 valence electrons. The van der Waals surface area contributed by atoms with Gasteiger partial charge in [0, 0.05) is 6.42 Å². The lowest BCUT2D eigenvalue weighted by Gasteiger charge is -2.14. The lowest BCUT2D eigenvalue weighted by molar-refractivity contribution is -0.116. The van der Waals surface area contributed by atoms with E-state index in [0.29, 0.717) is 5.56 Å². The maximum absolute atomic E-state index is 13.6. The maximum Gasteiger partial charge on any atom is 0.405 e. The highest BCUT2D eigenvalue weighted by Crippen LogP contribution is 2.11. The van der Waals surface area contributed by atoms with E-state index in [-0.39, 0.29) is 12.0 Å². The third kappa shape index (κ3) is 5.29. The average molecular weight is 338 g/mol. The molecule has 2 N–H and O–H groups in total. The Kier molecular flexibility index (Phi) is 6.02. The number of hydrogen-bond donors (Lipinski definition) is 2. The molecule has 2 rings (SSSR count). The minimum absolute atomic E-state index is 0.0852. The van der Waals surface area contributed by atoms with E-state index in [1.54, 1.807) is 30.3 Å². The highest BCUT2D eigenvalue weighted by Gasteiger charge is 2.18. The van der Waals surface area contributed by atoms with Crippen LogP contribution in [0.1, 0.15) is 16.7 Å². The Bertz CT molecular complexity index is 841. The smallest absolute Gasteiger partial charge is 0.405 e. The lowest BCUT2D eigenvalue weighted by atomic mass is 10.0. The van der Waals surface area contributed by atoms with Crippen molar-refractivity contribution >= 4 is 18.0 Å². The van der Waals surface area contributed by atoms with Crippen molar-refractivity contribution in [2.24, 2.45) is 0 Å². The lowest BCUT2D eigenvalue weighted by Crippen LogP contribution is -2.40. The van der Waals surface area contributed by atoms with Gasteiger partial charge < -0.3 is 10.4 Å². The van der Waals surface area contributed by atoms with Gasteiger partial charge in [-0.25, -0.2) is 9.18 Å². The van der Waals surface area contributed by atoms with Crippen molar-refractivity contribution in [2.45, 2.75) is 12.5 Å². The molecule has 1 unspecified atom stereocenters. The van der Waals surface area contributed by atoms with Crippen molar-refractivity contribution in [3.05, 3.63) is 77.1 Å². The van der Waals surface area contributed by atoms with Crippen LogP contribution in [0.3, 0.4) is 0 Å². The molecule has 1 atom stereocenters. The molecule has 0 aliphatic heterocycles. The van der Waals surface area contributed by atoms with E-state index in [9.17, 15) is 14.0 Å². The van der Waals surface area contributed by atoms with Crippen molar-refractivity contribution in [1.82, 2.24) is 5.32 Å². The molecule has 0 aliphatic rings. The summed E-state index contributed by atoms with van der Waals surface area (Å²) in [7, 11) is 0. The zero-order valence-electron chi connectivity index (χ0n) is 13.1. The summed E-state index contributed by atoms with van der Waals surface area (Å²) in [4.78, 5) is 23.2. The molecule has 0 spiro atoms. The first-order chi connectivity index (χ1) is 12.0. The first kappa shape index (κ1) is 17.9. The van der Waals surface area contributed by atoms with Gasteiger partial charge in [-0.3, -0.25) is 4.79 Å². The molecule has 0 aliphatic carbocycles. The Hall–Kier alpha value is -3.46. The molecule has 0 aromatic heterocycles. The fourth-order valence-electron chi connectivity index (χ4n) is 2.24. The fourth-order valence-corrected chi connectivity index (χ4v) is 2.24. The number of benzene rings is 2. The summed E-state index contributed by atoms with van der Waals surface area (Å²) in [5.41, 5.74) is 1.13. The van der Waals surface area contributed by atoms with Crippen LogP contribution < -0.4 is 5.32 Å². The van der Waals surface area contributed by atoms with Crippen LogP contribution in [0.5, 0.6) is 0 Å². The number of carbonyl (C=O) groups excluding carboxylic acids is 1. The molecule has 0 bridgehead atoms. The first-order valence-electron chi connectivity index (χ1n) is 7.44. The van der Waals surface area contributed by atoms with Crippen LogP contribution in [0.15, 0.2) is 54.6 Å². The van der Waals surface area contributed by atoms with Gasteiger partial charge in [0.05, 0.1) is 11.6 Å². The quantitative estimate of drug-likeness (QED) is 0.792. The summed E-state index contributed by atoms with van der Waals surface area (Å²) in [6.07, 6.45) is 1.49. The normalized spacial score (nSPS) is 11.7. The van der Waals surface area contributed by atoms with E-state index in [4.69, 9.17) is 10.4 Å². The monoisotopic (exact) mass is 338 g/mol. The minimum atomic E-state index is -1.30. The van der Waals surface area contributed by atoms with Crippen LogP contribution in [0, 0.1) is 17.1 Å². The van der Waals surface area contributed by atoms with Gasteiger partial charge in [-0.2, -0.15) is 5.26 Å². The molecule has 5 nitrogen and oxygen atoms in total. The van der Waals surface area contributed by atoms with E-state index >= 15 is 0 Å². The maximum atomic E-state index is 13.6. The van der Waals surface area contributed by atoms with E-state index in [1.807, 2.05) is 6.07 Å². The number of nitrogens with one attached hydrogen (secondary N) is 1. The van der Waals surface area contributed by atoms with Crippen molar-refractivity contribution in [2.75, 3.05) is 0 Å². The van der Waals surface area contributed by atoms with Crippen LogP contribution in [-0.2, 0) is 11.2 Å². The second-order valence-corrected chi connectivity index (χ2v) is 5.28. The molecule has 2 aromatic carbocycles. The van der Waals surface area contributed by atoms with Crippen LogP contribution in [0.2, 0.25) is 0 Å². The van der Waals surface area contributed by atoms with E-state index < -0.39 is 23.7 Å². The van der Waals surface area contributed by atoms with Crippen molar-refractivity contribution in [1.29, 1.82) is 5.26 Å². The number of nitrogens with zero attached hydrogens (tertiary/aromatic N) is 1. The van der Waals surface area contributed by atoms with Crippen molar-refractivity contribution in [3.8, 4) is 6.07 Å². The summed E-state index contributed by atoms with van der Waals surface area (Å²) < 4.78 is 13.6. The van der Waals surface area contributed by atoms with E-state index in [2.05, 4.69) is 5.32 Å². The van der Waals surface area contributed by atoms with Gasteiger partial charge in [-0.05, 0) is 29.3 Å². The number of nitriles is 1. The topological polar surface area (TPSA) is 90.2 Å². The van der Waals surface area contributed by atoms with Gasteiger partial charge >= 0.3 is 6.09 Å². The molecule has 0 saturated carbocycles. The summed E-state index contributed by atoms with van der Waals surface area (Å²) in [5, 5.41) is 19.8. The highest BCUT2D eigenvalue weighted by atomic mass is 19.1. The summed E-state index contributed by atoms with van der Waals surface area (Å²) >= 11 is 0. The van der Waals surface area contributed by atoms with Crippen LogP contribution >= 0.6 is 0 Å². The Morgan fingerprint density at radius 2 is 1.96 bits per heavy atom. The van der Waals surface area contributed by atoms with Crippen LogP contribution in [0.25, 0.3) is 6.08 Å². The van der Waals surface area contributed by atoms with E-state index in [1.165, 1.54) is 24.3 Å². The molecular formula is C19H15FN2O3. The number of carbonyl (C=O) groups is 2. The zero-order valence-corrected chi connectivity index (χ0v) is 13.1. The predicted octanol–water partition coefficient (Wildman–Crippen LogP) is 3.16. The largest absolute Gasteiger partial charge is 0.465 e. The number of ketones is 1. The number of amides is 1. The molecule has 0 fully saturated rings. The van der Waals surface area contributed by atoms with Crippen molar-refractivity contribution in [3.63, 3.8) is 0 Å². The molecule has 6 heteroatoms. The molecule has 2 aromatic rings. The highest BCUT2D eigenvalue weighted by molar-refractivity contribution is 5.99. The number of carboxylic acid groups (broad SMARTS) is 1. The summed E-state index contributed by atoms with van der Waals surface area (Å²) in [5.74, 6) is -1.13. The van der Waals surface area contributed by atoms with Crippen LogP contribution in [0.4, 0.5) is 9.18 Å². The van der Waals surface area contributed by atoms with Crippen molar-refractivity contribution < 1.29 is 19.1 Å². The fraction of sp³-hybridized carbons (Fsp3) is 0.105. The van der Waals surface area contributed by atoms with Gasteiger partial charge in [-0.1, -0.05) is 42.5 Å². The Morgan fingerprint density at radius 3 is 2.56 bits per heavy atom. The van der Waals surface area contributed by atoms with E-state index in [0.717, 1.165) is 11.6 Å². The van der Waals surface area contributed by atoms with Crippen LogP contribution in [-0.4, -0.2) is 23.0 Å². The van der Waals surface area contributed by atoms with Gasteiger partial charge in [0.15, 0.2) is 5.78 Å². The Labute approximate surface area is 144 Å². The first-order valence-corrected chi connectivity index (χ1v) is 7.44. The number of rotatable bonds is 6. The Balaban J connectivity index is 2.14. The summed E-state index contributed by atoms with van der Waals surface area (Å²) in [6.45, 7) is 0. The molecule has 0 heterocycles. The molecule has 1 amide bonds. The standard InChI is InChI=1S/C19H15FN2O3/c20-16-10-14(6-8-15(16)12-21)7-9-18(23)17(22-19(24)25)11-13-4-2-1-3-5-13/h1-10,17,22H,11H2,(H,24,25). The Morgan fingerprint density at radius 1 is 1.24 bits per heavy atom. The molecule has 25 heavy (non-hydrogen) atoms. The second kappa shape index (κ2) is 8.41. The third-order valence-electron chi connectivity index (χ3n) is 3.48. The second-order valence-electron chi connectivity index (χ2n) is 5.28. The molecule has 0 radical (unpaired) electrons.